The number of hydrogen-bond donors (Lipinski definition) is 0. The van der Waals surface area contributed by atoms with Gasteiger partial charge in [0.25, 0.3) is 0 Å². The van der Waals surface area contributed by atoms with Crippen LogP contribution in [0.3, 0.4) is 0 Å². The van der Waals surface area contributed by atoms with Gasteiger partial charge in [0.15, 0.2) is 0 Å². The van der Waals surface area contributed by atoms with Crippen LogP contribution in [0.15, 0.2) is 59.8 Å². The van der Waals surface area contributed by atoms with Crippen LogP contribution in [0.4, 0.5) is 5.69 Å². The van der Waals surface area contributed by atoms with Crippen molar-refractivity contribution in [1.82, 2.24) is 0 Å². The van der Waals surface area contributed by atoms with Crippen LogP contribution in [0.25, 0.3) is 11.1 Å². The van der Waals surface area contributed by atoms with E-state index in [4.69, 9.17) is 0 Å². The third-order valence-electron chi connectivity index (χ3n) is 2.09. The van der Waals surface area contributed by atoms with Crippen LogP contribution in [0.1, 0.15) is 0 Å². The molecule has 2 rings (SSSR count). The summed E-state index contributed by atoms with van der Waals surface area (Å²) < 4.78 is 0. The lowest BCUT2D eigenvalue weighted by Gasteiger charge is -2.02. The van der Waals surface area contributed by atoms with Crippen molar-refractivity contribution >= 4 is 5.69 Å². The number of nitroso groups, excluding NO2 is 1. The molecule has 2 aromatic carbocycles. The Morgan fingerprint density at radius 2 is 1.43 bits per heavy atom. The highest BCUT2D eigenvalue weighted by Crippen LogP contribution is 2.29. The number of rotatable bonds is 2. The van der Waals surface area contributed by atoms with Crippen molar-refractivity contribution in [2.45, 2.75) is 0 Å². The van der Waals surface area contributed by atoms with Crippen molar-refractivity contribution in [3.63, 3.8) is 0 Å². The lowest BCUT2D eigenvalue weighted by Crippen LogP contribution is -1.76. The maximum Gasteiger partial charge on any atom is 0.115 e. The summed E-state index contributed by atoms with van der Waals surface area (Å²) in [5, 5.41) is 3.00. The van der Waals surface area contributed by atoms with Gasteiger partial charge in [0, 0.05) is 5.56 Å². The van der Waals surface area contributed by atoms with Crippen molar-refractivity contribution < 1.29 is 0 Å². The van der Waals surface area contributed by atoms with Gasteiger partial charge in [0.2, 0.25) is 0 Å². The topological polar surface area (TPSA) is 29.4 Å². The second kappa shape index (κ2) is 3.83. The van der Waals surface area contributed by atoms with Gasteiger partial charge < -0.3 is 0 Å². The first-order valence-corrected chi connectivity index (χ1v) is 4.39. The summed E-state index contributed by atoms with van der Waals surface area (Å²) in [5.74, 6) is 0. The quantitative estimate of drug-likeness (QED) is 0.652. The Balaban J connectivity index is 2.57. The zero-order valence-electron chi connectivity index (χ0n) is 7.55. The summed E-state index contributed by atoms with van der Waals surface area (Å²) in [5.41, 5.74) is 2.38. The van der Waals surface area contributed by atoms with E-state index in [1.165, 1.54) is 0 Å². The summed E-state index contributed by atoms with van der Waals surface area (Å²) in [4.78, 5) is 10.6. The first kappa shape index (κ1) is 8.63. The SMILES string of the molecule is O=Nc1ccccc1-c1ccccc1. The summed E-state index contributed by atoms with van der Waals surface area (Å²) in [6.07, 6.45) is 0. The molecule has 2 heteroatoms. The van der Waals surface area contributed by atoms with Crippen molar-refractivity contribution in [2.75, 3.05) is 0 Å². The van der Waals surface area contributed by atoms with E-state index < -0.39 is 0 Å². The Morgan fingerprint density at radius 1 is 0.786 bits per heavy atom. The van der Waals surface area contributed by atoms with E-state index in [9.17, 15) is 4.91 Å². The molecule has 0 radical (unpaired) electrons. The molecule has 0 aliphatic carbocycles. The van der Waals surface area contributed by atoms with Crippen molar-refractivity contribution in [1.29, 1.82) is 0 Å². The lowest BCUT2D eigenvalue weighted by atomic mass is 10.0. The second-order valence-electron chi connectivity index (χ2n) is 2.97. The minimum absolute atomic E-state index is 0.485. The van der Waals surface area contributed by atoms with Gasteiger partial charge in [-0.1, -0.05) is 48.5 Å². The Hall–Kier alpha value is -1.96. The molecule has 0 bridgehead atoms. The largest absolute Gasteiger partial charge is 0.145 e. The summed E-state index contributed by atoms with van der Waals surface area (Å²) in [6, 6.07) is 17.1. The number of benzene rings is 2. The van der Waals surface area contributed by atoms with Gasteiger partial charge in [0.1, 0.15) is 5.69 Å². The fourth-order valence-corrected chi connectivity index (χ4v) is 1.42. The van der Waals surface area contributed by atoms with Crippen LogP contribution in [-0.2, 0) is 0 Å². The van der Waals surface area contributed by atoms with E-state index in [1.54, 1.807) is 6.07 Å². The smallest absolute Gasteiger partial charge is 0.115 e. The van der Waals surface area contributed by atoms with E-state index in [1.807, 2.05) is 48.5 Å². The molecular formula is C12H9NO. The summed E-state index contributed by atoms with van der Waals surface area (Å²) in [7, 11) is 0. The van der Waals surface area contributed by atoms with Gasteiger partial charge in [-0.25, -0.2) is 0 Å². The molecule has 0 unspecified atom stereocenters. The Morgan fingerprint density at radius 3 is 2.14 bits per heavy atom. The van der Waals surface area contributed by atoms with Crippen molar-refractivity contribution in [2.24, 2.45) is 5.18 Å². The monoisotopic (exact) mass is 183 g/mol. The van der Waals surface area contributed by atoms with Crippen LogP contribution in [0.2, 0.25) is 0 Å². The molecule has 0 spiro atoms. The molecule has 0 heterocycles. The molecule has 2 nitrogen and oxygen atoms in total. The molecule has 68 valence electrons. The molecule has 0 saturated heterocycles. The van der Waals surface area contributed by atoms with E-state index >= 15 is 0 Å². The van der Waals surface area contributed by atoms with Gasteiger partial charge in [-0.2, -0.15) is 0 Å². The van der Waals surface area contributed by atoms with Crippen molar-refractivity contribution in [3.05, 3.63) is 59.5 Å². The molecule has 0 atom stereocenters. The minimum atomic E-state index is 0.485. The molecule has 0 amide bonds. The third kappa shape index (κ3) is 1.55. The molecule has 0 saturated carbocycles. The van der Waals surface area contributed by atoms with Gasteiger partial charge in [-0.15, -0.1) is 4.91 Å². The first-order valence-electron chi connectivity index (χ1n) is 4.39. The fraction of sp³-hybridized carbons (Fsp3) is 0. The third-order valence-corrected chi connectivity index (χ3v) is 2.09. The van der Waals surface area contributed by atoms with Gasteiger partial charge in [-0.3, -0.25) is 0 Å². The molecule has 14 heavy (non-hydrogen) atoms. The average molecular weight is 183 g/mol. The standard InChI is InChI=1S/C12H9NO/c14-13-12-9-5-4-8-11(12)10-6-2-1-3-7-10/h1-9H. The van der Waals surface area contributed by atoms with E-state index in [0.29, 0.717) is 5.69 Å². The van der Waals surface area contributed by atoms with Crippen LogP contribution in [0, 0.1) is 4.91 Å². The van der Waals surface area contributed by atoms with E-state index in [2.05, 4.69) is 5.18 Å². The molecule has 0 fully saturated rings. The normalized spacial score (nSPS) is 9.71. The predicted molar refractivity (Wildman–Crippen MR) is 57.3 cm³/mol. The Kier molecular flexibility index (Phi) is 2.36. The minimum Gasteiger partial charge on any atom is -0.145 e. The maximum absolute atomic E-state index is 10.6. The number of hydrogen-bond acceptors (Lipinski definition) is 2. The highest BCUT2D eigenvalue weighted by Gasteiger charge is 2.02. The molecule has 0 aromatic heterocycles. The van der Waals surface area contributed by atoms with Crippen LogP contribution in [-0.4, -0.2) is 0 Å². The number of nitrogens with zero attached hydrogens (tertiary/aromatic N) is 1. The van der Waals surface area contributed by atoms with E-state index in [0.717, 1.165) is 11.1 Å². The molecule has 0 aliphatic rings. The highest BCUT2D eigenvalue weighted by atomic mass is 16.3. The zero-order chi connectivity index (χ0) is 9.80. The average Bonchev–Trinajstić information content (AvgIpc) is 2.30. The first-order chi connectivity index (χ1) is 6.92. The molecule has 2 aromatic rings. The lowest BCUT2D eigenvalue weighted by molar-refractivity contribution is 1.48. The van der Waals surface area contributed by atoms with Crippen molar-refractivity contribution in [3.8, 4) is 11.1 Å². The zero-order valence-corrected chi connectivity index (χ0v) is 7.55. The molecule has 0 aliphatic heterocycles. The predicted octanol–water partition coefficient (Wildman–Crippen LogP) is 3.75. The molecule has 0 N–H and O–H groups in total. The summed E-state index contributed by atoms with van der Waals surface area (Å²) in [6.45, 7) is 0. The molecular weight excluding hydrogens is 174 g/mol. The van der Waals surface area contributed by atoms with Crippen LogP contribution >= 0.6 is 0 Å². The van der Waals surface area contributed by atoms with Crippen LogP contribution in [0.5, 0.6) is 0 Å². The summed E-state index contributed by atoms with van der Waals surface area (Å²) >= 11 is 0. The maximum atomic E-state index is 10.6. The Labute approximate surface area is 82.2 Å². The fourth-order valence-electron chi connectivity index (χ4n) is 1.42. The second-order valence-corrected chi connectivity index (χ2v) is 2.97. The Bertz CT molecular complexity index is 437. The van der Waals surface area contributed by atoms with Gasteiger partial charge >= 0.3 is 0 Å². The van der Waals surface area contributed by atoms with Gasteiger partial charge in [0.05, 0.1) is 0 Å². The highest BCUT2D eigenvalue weighted by molar-refractivity contribution is 5.75. The van der Waals surface area contributed by atoms with E-state index in [-0.39, 0.29) is 0 Å². The van der Waals surface area contributed by atoms with Crippen LogP contribution < -0.4 is 0 Å². The van der Waals surface area contributed by atoms with Gasteiger partial charge in [-0.05, 0) is 16.8 Å².